The minimum absolute atomic E-state index is 0.146. The van der Waals surface area contributed by atoms with Crippen LogP contribution in [0.25, 0.3) is 0 Å². The van der Waals surface area contributed by atoms with Crippen LogP contribution in [0.2, 0.25) is 5.02 Å². The predicted octanol–water partition coefficient (Wildman–Crippen LogP) is 4.99. The highest BCUT2D eigenvalue weighted by Gasteiger charge is 2.36. The van der Waals surface area contributed by atoms with E-state index in [1.807, 2.05) is 0 Å². The van der Waals surface area contributed by atoms with E-state index in [0.29, 0.717) is 15.9 Å². The number of anilines is 1. The van der Waals surface area contributed by atoms with Gasteiger partial charge in [0.2, 0.25) is 21.8 Å². The van der Waals surface area contributed by atoms with Crippen molar-refractivity contribution < 1.29 is 35.6 Å². The third-order valence-corrected chi connectivity index (χ3v) is 6.84. The van der Waals surface area contributed by atoms with E-state index in [1.54, 1.807) is 27.7 Å². The van der Waals surface area contributed by atoms with Gasteiger partial charge in [-0.3, -0.25) is 13.9 Å². The van der Waals surface area contributed by atoms with Gasteiger partial charge < -0.3 is 10.2 Å². The summed E-state index contributed by atoms with van der Waals surface area (Å²) in [6.07, 6.45) is -3.98. The maximum absolute atomic E-state index is 13.6. The van der Waals surface area contributed by atoms with E-state index >= 15 is 0 Å². The van der Waals surface area contributed by atoms with Crippen molar-refractivity contribution in [3.63, 3.8) is 0 Å². The number of hydrogen-bond acceptors (Lipinski definition) is 4. The van der Waals surface area contributed by atoms with Crippen LogP contribution in [0.3, 0.4) is 0 Å². The Morgan fingerprint density at radius 2 is 1.63 bits per heavy atom. The number of hydrogen-bond donors (Lipinski definition) is 1. The molecule has 0 bridgehead atoms. The van der Waals surface area contributed by atoms with Gasteiger partial charge in [-0.05, 0) is 63.1 Å². The summed E-state index contributed by atoms with van der Waals surface area (Å²) in [6.45, 7) is 5.82. The molecular formula is C25H30ClF4N3O4S. The molecule has 0 spiro atoms. The summed E-state index contributed by atoms with van der Waals surface area (Å²) >= 11 is 5.67. The average molecular weight is 580 g/mol. The first kappa shape index (κ1) is 31.4. The second-order valence-corrected chi connectivity index (χ2v) is 12.1. The van der Waals surface area contributed by atoms with E-state index < -0.39 is 68.2 Å². The Morgan fingerprint density at radius 3 is 2.11 bits per heavy atom. The fraction of sp³-hybridized carbons (Fsp3) is 0.440. The smallest absolute Gasteiger partial charge is 0.350 e. The zero-order valence-corrected chi connectivity index (χ0v) is 23.1. The first-order valence-corrected chi connectivity index (χ1v) is 13.8. The predicted molar refractivity (Wildman–Crippen MR) is 138 cm³/mol. The van der Waals surface area contributed by atoms with Crippen molar-refractivity contribution in [2.75, 3.05) is 17.1 Å². The molecule has 210 valence electrons. The SMILES string of the molecule is CC[C@@H](C(=O)NC(C)(C)C)N(Cc1ccc(F)cc1)C(=O)CN(c1ccc(Cl)c(C(F)(F)F)c1)S(C)(=O)=O. The number of sulfonamides is 1. The molecule has 0 heterocycles. The first-order chi connectivity index (χ1) is 17.3. The second kappa shape index (κ2) is 11.9. The van der Waals surface area contributed by atoms with Gasteiger partial charge in [-0.1, -0.05) is 30.7 Å². The molecule has 2 rings (SSSR count). The third-order valence-electron chi connectivity index (χ3n) is 5.37. The van der Waals surface area contributed by atoms with Crippen LogP contribution in [0.15, 0.2) is 42.5 Å². The summed E-state index contributed by atoms with van der Waals surface area (Å²) in [7, 11) is -4.26. The Morgan fingerprint density at radius 1 is 1.05 bits per heavy atom. The summed E-state index contributed by atoms with van der Waals surface area (Å²) < 4.78 is 79.5. The minimum atomic E-state index is -4.87. The van der Waals surface area contributed by atoms with Crippen LogP contribution in [0.5, 0.6) is 0 Å². The first-order valence-electron chi connectivity index (χ1n) is 11.5. The standard InChI is InChI=1S/C25H30ClF4N3O4S/c1-6-21(23(35)31-24(2,3)4)32(14-16-7-9-17(27)10-8-16)22(34)15-33(38(5,36)37)18-11-12-20(26)19(13-18)25(28,29)30/h7-13,21H,6,14-15H2,1-5H3,(H,31,35)/t21-/m0/s1. The van der Waals surface area contributed by atoms with E-state index in [0.717, 1.165) is 23.3 Å². The van der Waals surface area contributed by atoms with Crippen molar-refractivity contribution in [1.29, 1.82) is 0 Å². The highest BCUT2D eigenvalue weighted by molar-refractivity contribution is 7.92. The molecule has 0 aliphatic heterocycles. The van der Waals surface area contributed by atoms with Crippen LogP contribution < -0.4 is 9.62 Å². The lowest BCUT2D eigenvalue weighted by molar-refractivity contribution is -0.141. The number of benzene rings is 2. The van der Waals surface area contributed by atoms with Gasteiger partial charge in [0.1, 0.15) is 18.4 Å². The summed E-state index contributed by atoms with van der Waals surface area (Å²) in [5.41, 5.74) is -1.88. The van der Waals surface area contributed by atoms with Crippen LogP contribution in [0.1, 0.15) is 45.2 Å². The molecule has 2 amide bonds. The van der Waals surface area contributed by atoms with Crippen LogP contribution in [-0.2, 0) is 32.3 Å². The zero-order chi connectivity index (χ0) is 29.1. The van der Waals surface area contributed by atoms with Crippen molar-refractivity contribution in [2.45, 2.75) is 58.4 Å². The highest BCUT2D eigenvalue weighted by Crippen LogP contribution is 2.37. The lowest BCUT2D eigenvalue weighted by Crippen LogP contribution is -2.55. The monoisotopic (exact) mass is 579 g/mol. The fourth-order valence-electron chi connectivity index (χ4n) is 3.66. The van der Waals surface area contributed by atoms with Gasteiger partial charge in [0.25, 0.3) is 0 Å². The normalized spacial score (nSPS) is 13.1. The number of carbonyl (C=O) groups is 2. The molecule has 0 aromatic heterocycles. The molecule has 7 nitrogen and oxygen atoms in total. The van der Waals surface area contributed by atoms with Gasteiger partial charge >= 0.3 is 6.18 Å². The van der Waals surface area contributed by atoms with Crippen molar-refractivity contribution in [3.8, 4) is 0 Å². The fourth-order valence-corrected chi connectivity index (χ4v) is 4.72. The van der Waals surface area contributed by atoms with Crippen LogP contribution in [-0.4, -0.2) is 49.5 Å². The molecule has 38 heavy (non-hydrogen) atoms. The van der Waals surface area contributed by atoms with Crippen molar-refractivity contribution >= 4 is 39.1 Å². The van der Waals surface area contributed by atoms with E-state index in [4.69, 9.17) is 11.6 Å². The van der Waals surface area contributed by atoms with Crippen LogP contribution in [0, 0.1) is 5.82 Å². The summed E-state index contributed by atoms with van der Waals surface area (Å²) in [5.74, 6) is -1.87. The van der Waals surface area contributed by atoms with Crippen molar-refractivity contribution in [1.82, 2.24) is 10.2 Å². The Labute approximate surface area is 224 Å². The highest BCUT2D eigenvalue weighted by atomic mass is 35.5. The average Bonchev–Trinajstić information content (AvgIpc) is 2.76. The summed E-state index contributed by atoms with van der Waals surface area (Å²) in [5, 5.41) is 2.15. The van der Waals surface area contributed by atoms with Gasteiger partial charge in [0.15, 0.2) is 0 Å². The molecule has 0 fully saturated rings. The number of rotatable bonds is 9. The molecule has 0 aliphatic carbocycles. The van der Waals surface area contributed by atoms with Gasteiger partial charge in [0, 0.05) is 12.1 Å². The maximum Gasteiger partial charge on any atom is 0.417 e. The molecular weight excluding hydrogens is 550 g/mol. The lowest BCUT2D eigenvalue weighted by Gasteiger charge is -2.34. The van der Waals surface area contributed by atoms with E-state index in [-0.39, 0.29) is 13.0 Å². The van der Waals surface area contributed by atoms with Gasteiger partial charge in [-0.25, -0.2) is 12.8 Å². The molecule has 0 saturated carbocycles. The topological polar surface area (TPSA) is 86.8 Å². The quantitative estimate of drug-likeness (QED) is 0.424. The molecule has 0 saturated heterocycles. The largest absolute Gasteiger partial charge is 0.417 e. The Balaban J connectivity index is 2.53. The zero-order valence-electron chi connectivity index (χ0n) is 21.6. The number of amides is 2. The summed E-state index contributed by atoms with van der Waals surface area (Å²) in [6, 6.07) is 6.60. The number of carbonyl (C=O) groups excluding carboxylic acids is 2. The number of nitrogens with zero attached hydrogens (tertiary/aromatic N) is 2. The van der Waals surface area contributed by atoms with E-state index in [9.17, 15) is 35.6 Å². The number of alkyl halides is 3. The lowest BCUT2D eigenvalue weighted by atomic mass is 10.1. The number of halogens is 5. The third kappa shape index (κ3) is 8.59. The number of nitrogens with one attached hydrogen (secondary N) is 1. The maximum atomic E-state index is 13.6. The van der Waals surface area contributed by atoms with Gasteiger partial charge in [0.05, 0.1) is 22.5 Å². The van der Waals surface area contributed by atoms with Crippen LogP contribution in [0.4, 0.5) is 23.2 Å². The second-order valence-electron chi connectivity index (χ2n) is 9.74. The van der Waals surface area contributed by atoms with Crippen LogP contribution >= 0.6 is 11.6 Å². The van der Waals surface area contributed by atoms with Gasteiger partial charge in [-0.15, -0.1) is 0 Å². The molecule has 1 atom stereocenters. The van der Waals surface area contributed by atoms with E-state index in [2.05, 4.69) is 5.32 Å². The van der Waals surface area contributed by atoms with Crippen molar-refractivity contribution in [3.05, 3.63) is 64.4 Å². The minimum Gasteiger partial charge on any atom is -0.350 e. The Hall–Kier alpha value is -2.86. The van der Waals surface area contributed by atoms with Gasteiger partial charge in [-0.2, -0.15) is 13.2 Å². The molecule has 0 radical (unpaired) electrons. The Bertz CT molecular complexity index is 1260. The van der Waals surface area contributed by atoms with E-state index in [1.165, 1.54) is 24.3 Å². The van der Waals surface area contributed by atoms with Crippen molar-refractivity contribution in [2.24, 2.45) is 0 Å². The molecule has 0 unspecified atom stereocenters. The summed E-state index contributed by atoms with van der Waals surface area (Å²) in [4.78, 5) is 27.8. The molecule has 13 heteroatoms. The molecule has 2 aromatic rings. The molecule has 0 aliphatic rings. The Kier molecular flexibility index (Phi) is 9.82. The molecule has 2 aromatic carbocycles. The molecule has 1 N–H and O–H groups in total.